The number of carbonyl (C=O) groups excluding carboxylic acids is 2. The summed E-state index contributed by atoms with van der Waals surface area (Å²) in [5, 5.41) is 5.87. The number of hydrogen-bond donors (Lipinski definition) is 2. The first kappa shape index (κ1) is 27.2. The van der Waals surface area contributed by atoms with E-state index in [1.807, 2.05) is 62.4 Å². The normalized spacial score (nSPS) is 10.5. The Kier molecular flexibility index (Phi) is 13.3. The van der Waals surface area contributed by atoms with Crippen molar-refractivity contribution < 1.29 is 19.1 Å². The summed E-state index contributed by atoms with van der Waals surface area (Å²) >= 11 is 0. The molecule has 0 spiro atoms. The Morgan fingerprint density at radius 3 is 1.21 bits per heavy atom. The molecule has 0 radical (unpaired) electrons. The van der Waals surface area contributed by atoms with Gasteiger partial charge in [0.15, 0.2) is 0 Å². The lowest BCUT2D eigenvalue weighted by Gasteiger charge is -2.07. The van der Waals surface area contributed by atoms with Gasteiger partial charge in [-0.15, -0.1) is 0 Å². The summed E-state index contributed by atoms with van der Waals surface area (Å²) in [5.41, 5.74) is 1.61. The summed E-state index contributed by atoms with van der Waals surface area (Å²) in [4.78, 5) is 24.1. The zero-order valence-electron chi connectivity index (χ0n) is 20.7. The largest absolute Gasteiger partial charge is 0.494 e. The molecule has 2 N–H and O–H groups in total. The van der Waals surface area contributed by atoms with Crippen LogP contribution in [0.2, 0.25) is 0 Å². The van der Waals surface area contributed by atoms with E-state index in [2.05, 4.69) is 10.6 Å². The molecule has 2 aromatic carbocycles. The molecule has 0 fully saturated rings. The van der Waals surface area contributed by atoms with Gasteiger partial charge in [0.05, 0.1) is 13.2 Å². The summed E-state index contributed by atoms with van der Waals surface area (Å²) in [6.45, 7) is 5.16. The van der Waals surface area contributed by atoms with Crippen molar-refractivity contribution in [2.45, 2.75) is 78.1 Å². The van der Waals surface area contributed by atoms with Crippen LogP contribution < -0.4 is 20.1 Å². The van der Waals surface area contributed by atoms with Gasteiger partial charge in [-0.05, 0) is 75.2 Å². The van der Waals surface area contributed by atoms with Gasteiger partial charge in [0.1, 0.15) is 11.5 Å². The molecule has 6 nitrogen and oxygen atoms in total. The summed E-state index contributed by atoms with van der Waals surface area (Å²) in [7, 11) is 0. The Labute approximate surface area is 204 Å². The van der Waals surface area contributed by atoms with Gasteiger partial charge in [0.2, 0.25) is 11.8 Å². The first-order chi connectivity index (χ1) is 16.6. The van der Waals surface area contributed by atoms with Crippen molar-refractivity contribution in [3.63, 3.8) is 0 Å². The molecule has 0 aliphatic carbocycles. The number of carbonyl (C=O) groups is 2. The molecule has 0 bridgehead atoms. The van der Waals surface area contributed by atoms with Crippen LogP contribution >= 0.6 is 0 Å². The molecule has 0 aliphatic rings. The van der Waals surface area contributed by atoms with Crippen molar-refractivity contribution in [2.24, 2.45) is 0 Å². The third-order valence-electron chi connectivity index (χ3n) is 5.46. The summed E-state index contributed by atoms with van der Waals surface area (Å²) in [6, 6.07) is 14.9. The summed E-state index contributed by atoms with van der Waals surface area (Å²) in [6.07, 6.45) is 9.72. The van der Waals surface area contributed by atoms with Gasteiger partial charge in [-0.25, -0.2) is 0 Å². The fraction of sp³-hybridized carbons (Fsp3) is 0.500. The van der Waals surface area contributed by atoms with Gasteiger partial charge < -0.3 is 20.1 Å². The fourth-order valence-electron chi connectivity index (χ4n) is 3.68. The number of anilines is 2. The molecular formula is C28H40N2O4. The minimum Gasteiger partial charge on any atom is -0.494 e. The highest BCUT2D eigenvalue weighted by Gasteiger charge is 2.04. The highest BCUT2D eigenvalue weighted by Crippen LogP contribution is 2.18. The Hall–Kier alpha value is -3.02. The van der Waals surface area contributed by atoms with Crippen molar-refractivity contribution in [1.82, 2.24) is 0 Å². The second kappa shape index (κ2) is 16.6. The highest BCUT2D eigenvalue weighted by atomic mass is 16.5. The van der Waals surface area contributed by atoms with Crippen LogP contribution in [0.5, 0.6) is 11.5 Å². The van der Waals surface area contributed by atoms with Crippen LogP contribution in [-0.4, -0.2) is 25.0 Å². The topological polar surface area (TPSA) is 76.7 Å². The van der Waals surface area contributed by atoms with E-state index in [-0.39, 0.29) is 11.8 Å². The lowest BCUT2D eigenvalue weighted by molar-refractivity contribution is -0.117. The molecule has 34 heavy (non-hydrogen) atoms. The highest BCUT2D eigenvalue weighted by molar-refractivity contribution is 5.91. The predicted molar refractivity (Wildman–Crippen MR) is 139 cm³/mol. The molecule has 0 aromatic heterocycles. The second-order valence-electron chi connectivity index (χ2n) is 8.34. The zero-order valence-corrected chi connectivity index (χ0v) is 20.7. The Morgan fingerprint density at radius 1 is 0.559 bits per heavy atom. The fourth-order valence-corrected chi connectivity index (χ4v) is 3.68. The molecule has 2 amide bonds. The molecule has 0 atom stereocenters. The van der Waals surface area contributed by atoms with Crippen molar-refractivity contribution in [1.29, 1.82) is 0 Å². The maximum atomic E-state index is 12.1. The number of nitrogens with one attached hydrogen (secondary N) is 2. The van der Waals surface area contributed by atoms with Gasteiger partial charge in [-0.1, -0.05) is 38.5 Å². The van der Waals surface area contributed by atoms with E-state index in [4.69, 9.17) is 9.47 Å². The molecular weight excluding hydrogens is 428 g/mol. The van der Waals surface area contributed by atoms with Crippen LogP contribution in [0.4, 0.5) is 11.4 Å². The summed E-state index contributed by atoms with van der Waals surface area (Å²) in [5.74, 6) is 1.75. The smallest absolute Gasteiger partial charge is 0.224 e. The van der Waals surface area contributed by atoms with Crippen LogP contribution in [0.3, 0.4) is 0 Å². The zero-order chi connectivity index (χ0) is 24.4. The molecule has 186 valence electrons. The molecule has 0 aliphatic heterocycles. The average molecular weight is 469 g/mol. The third-order valence-corrected chi connectivity index (χ3v) is 5.46. The Bertz CT molecular complexity index is 763. The van der Waals surface area contributed by atoms with E-state index in [1.165, 1.54) is 12.8 Å². The average Bonchev–Trinajstić information content (AvgIpc) is 2.83. The molecule has 2 rings (SSSR count). The predicted octanol–water partition coefficient (Wildman–Crippen LogP) is 6.96. The molecule has 2 aromatic rings. The van der Waals surface area contributed by atoms with E-state index in [1.54, 1.807) is 0 Å². The van der Waals surface area contributed by atoms with Crippen molar-refractivity contribution in [2.75, 3.05) is 23.8 Å². The standard InChI is InChI=1S/C28H40N2O4/c1-3-33-25-19-15-23(16-20-25)29-27(31)13-11-9-7-5-6-8-10-12-14-28(32)30-24-17-21-26(22-18-24)34-4-2/h15-22H,3-14H2,1-2H3,(H,29,31)(H,30,32). The monoisotopic (exact) mass is 468 g/mol. The van der Waals surface area contributed by atoms with Gasteiger partial charge in [0.25, 0.3) is 0 Å². The molecule has 0 saturated heterocycles. The number of unbranched alkanes of at least 4 members (excludes halogenated alkanes) is 7. The SMILES string of the molecule is CCOc1ccc(NC(=O)CCCCCCCCCCC(=O)Nc2ccc(OCC)cc2)cc1. The van der Waals surface area contributed by atoms with Crippen LogP contribution in [0.15, 0.2) is 48.5 Å². The van der Waals surface area contributed by atoms with Crippen LogP contribution in [0.1, 0.15) is 78.1 Å². The van der Waals surface area contributed by atoms with Crippen molar-refractivity contribution in [3.8, 4) is 11.5 Å². The molecule has 0 heterocycles. The first-order valence-electron chi connectivity index (χ1n) is 12.7. The first-order valence-corrected chi connectivity index (χ1v) is 12.7. The summed E-state index contributed by atoms with van der Waals surface area (Å²) < 4.78 is 10.8. The number of amides is 2. The van der Waals surface area contributed by atoms with Gasteiger partial charge in [0, 0.05) is 24.2 Å². The number of hydrogen-bond acceptors (Lipinski definition) is 4. The Morgan fingerprint density at radius 2 is 0.882 bits per heavy atom. The van der Waals surface area contributed by atoms with Crippen molar-refractivity contribution >= 4 is 23.2 Å². The van der Waals surface area contributed by atoms with Crippen LogP contribution in [0, 0.1) is 0 Å². The number of ether oxygens (including phenoxy) is 2. The molecule has 0 saturated carbocycles. The van der Waals surface area contributed by atoms with Crippen LogP contribution in [-0.2, 0) is 9.59 Å². The van der Waals surface area contributed by atoms with E-state index < -0.39 is 0 Å². The lowest BCUT2D eigenvalue weighted by Crippen LogP contribution is -2.11. The van der Waals surface area contributed by atoms with Crippen molar-refractivity contribution in [3.05, 3.63) is 48.5 Å². The second-order valence-corrected chi connectivity index (χ2v) is 8.34. The van der Waals surface area contributed by atoms with E-state index >= 15 is 0 Å². The molecule has 0 unspecified atom stereocenters. The quantitative estimate of drug-likeness (QED) is 0.246. The van der Waals surface area contributed by atoms with E-state index in [0.717, 1.165) is 61.4 Å². The minimum atomic E-state index is 0.0627. The maximum absolute atomic E-state index is 12.1. The molecule has 6 heteroatoms. The van der Waals surface area contributed by atoms with Gasteiger partial charge in [-0.3, -0.25) is 9.59 Å². The lowest BCUT2D eigenvalue weighted by atomic mass is 10.1. The maximum Gasteiger partial charge on any atom is 0.224 e. The van der Waals surface area contributed by atoms with Crippen LogP contribution in [0.25, 0.3) is 0 Å². The third kappa shape index (κ3) is 11.7. The number of rotatable bonds is 17. The van der Waals surface area contributed by atoms with E-state index in [0.29, 0.717) is 26.1 Å². The number of benzene rings is 2. The van der Waals surface area contributed by atoms with Gasteiger partial charge in [-0.2, -0.15) is 0 Å². The minimum absolute atomic E-state index is 0.0627. The Balaban J connectivity index is 1.42. The van der Waals surface area contributed by atoms with E-state index in [9.17, 15) is 9.59 Å². The van der Waals surface area contributed by atoms with Gasteiger partial charge >= 0.3 is 0 Å².